The van der Waals surface area contributed by atoms with E-state index in [1.807, 2.05) is 0 Å². The normalized spacial score (nSPS) is 26.0. The number of hydrogen-bond donors (Lipinski definition) is 1. The average molecular weight is 605 g/mol. The first-order chi connectivity index (χ1) is 19.3. The van der Waals surface area contributed by atoms with Crippen molar-refractivity contribution < 1.29 is 40.8 Å². The number of anilines is 1. The van der Waals surface area contributed by atoms with Gasteiger partial charge in [-0.1, -0.05) is 0 Å². The number of nitroso groups, excluding NO2 is 1. The van der Waals surface area contributed by atoms with E-state index in [2.05, 4.69) is 10.1 Å². The van der Waals surface area contributed by atoms with Gasteiger partial charge in [0.05, 0.1) is 23.5 Å². The molecule has 0 radical (unpaired) electrons. The SMILES string of the molecule is CCN(CC)C(=O)C1C2CC(C3CCN(S(=O)(=O)c4ccc(NC(=O)OC)cc4)CC3)CCN2[N+](=O)C1C(F)(F)F. The van der Waals surface area contributed by atoms with E-state index in [0.29, 0.717) is 24.9 Å². The van der Waals surface area contributed by atoms with Gasteiger partial charge in [0.1, 0.15) is 16.8 Å². The van der Waals surface area contributed by atoms with Gasteiger partial charge in [0, 0.05) is 31.9 Å². The van der Waals surface area contributed by atoms with Crippen LogP contribution in [0.15, 0.2) is 29.2 Å². The van der Waals surface area contributed by atoms with E-state index < -0.39 is 46.2 Å². The van der Waals surface area contributed by atoms with Crippen LogP contribution in [0.5, 0.6) is 0 Å². The van der Waals surface area contributed by atoms with Crippen LogP contribution in [0, 0.1) is 22.7 Å². The molecule has 1 aromatic rings. The number of alkyl halides is 3. The molecule has 0 saturated carbocycles. The monoisotopic (exact) mass is 604 g/mol. The van der Waals surface area contributed by atoms with Gasteiger partial charge < -0.3 is 9.64 Å². The van der Waals surface area contributed by atoms with E-state index in [0.717, 1.165) is 0 Å². The molecule has 4 atom stereocenters. The minimum atomic E-state index is -4.85. The maximum absolute atomic E-state index is 14.0. The summed E-state index contributed by atoms with van der Waals surface area (Å²) in [4.78, 5) is 38.9. The number of halogens is 3. The molecule has 228 valence electrons. The molecule has 4 rings (SSSR count). The van der Waals surface area contributed by atoms with Crippen LogP contribution < -0.4 is 5.32 Å². The zero-order valence-electron chi connectivity index (χ0n) is 23.3. The quantitative estimate of drug-likeness (QED) is 0.474. The molecule has 3 fully saturated rings. The Morgan fingerprint density at radius 1 is 1.05 bits per heavy atom. The van der Waals surface area contributed by atoms with E-state index >= 15 is 0 Å². The zero-order valence-corrected chi connectivity index (χ0v) is 24.2. The van der Waals surface area contributed by atoms with Gasteiger partial charge in [-0.3, -0.25) is 10.1 Å². The summed E-state index contributed by atoms with van der Waals surface area (Å²) in [5, 5.41) is 3.64. The van der Waals surface area contributed by atoms with Gasteiger partial charge in [-0.05, 0) is 75.6 Å². The van der Waals surface area contributed by atoms with Crippen molar-refractivity contribution in [1.29, 1.82) is 0 Å². The number of carbonyl (C=O) groups is 2. The van der Waals surface area contributed by atoms with Crippen molar-refractivity contribution in [1.82, 2.24) is 14.2 Å². The van der Waals surface area contributed by atoms with Crippen molar-refractivity contribution in [2.75, 3.05) is 45.2 Å². The molecule has 0 bridgehead atoms. The fourth-order valence-electron chi connectivity index (χ4n) is 6.52. The average Bonchev–Trinajstić information content (AvgIpc) is 3.26. The van der Waals surface area contributed by atoms with E-state index in [1.54, 1.807) is 13.8 Å². The minimum absolute atomic E-state index is 0.0197. The van der Waals surface area contributed by atoms with Crippen LogP contribution in [-0.2, 0) is 19.6 Å². The van der Waals surface area contributed by atoms with Crippen molar-refractivity contribution in [3.8, 4) is 0 Å². The van der Waals surface area contributed by atoms with Crippen molar-refractivity contribution in [3.63, 3.8) is 0 Å². The summed E-state index contributed by atoms with van der Waals surface area (Å²) in [5.74, 6) is -2.13. The Morgan fingerprint density at radius 3 is 2.17 bits per heavy atom. The zero-order chi connectivity index (χ0) is 30.1. The largest absolute Gasteiger partial charge is 0.460 e. The maximum Gasteiger partial charge on any atom is 0.460 e. The number of amides is 2. The van der Waals surface area contributed by atoms with Crippen LogP contribution in [0.3, 0.4) is 0 Å². The molecule has 1 N–H and O–H groups in total. The van der Waals surface area contributed by atoms with Gasteiger partial charge in [-0.25, -0.2) is 13.2 Å². The van der Waals surface area contributed by atoms with Gasteiger partial charge in [-0.15, -0.1) is 5.01 Å². The van der Waals surface area contributed by atoms with Crippen LogP contribution in [0.2, 0.25) is 0 Å². The van der Waals surface area contributed by atoms with Gasteiger partial charge in [-0.2, -0.15) is 17.5 Å². The molecule has 3 aliphatic rings. The molecule has 3 heterocycles. The Balaban J connectivity index is 1.44. The Bertz CT molecular complexity index is 1230. The third-order valence-electron chi connectivity index (χ3n) is 8.69. The number of ether oxygens (including phenoxy) is 1. The van der Waals surface area contributed by atoms with E-state index in [1.165, 1.54) is 45.6 Å². The number of nitrogens with zero attached hydrogens (tertiary/aromatic N) is 4. The molecule has 11 nitrogen and oxygen atoms in total. The van der Waals surface area contributed by atoms with Crippen molar-refractivity contribution in [2.24, 2.45) is 17.8 Å². The van der Waals surface area contributed by atoms with Crippen LogP contribution in [0.1, 0.15) is 39.5 Å². The lowest BCUT2D eigenvalue weighted by Gasteiger charge is -2.40. The van der Waals surface area contributed by atoms with Crippen molar-refractivity contribution >= 4 is 27.7 Å². The molecule has 41 heavy (non-hydrogen) atoms. The molecular formula is C26H37F3N5O6S+. The van der Waals surface area contributed by atoms with E-state index in [4.69, 9.17) is 0 Å². The predicted octanol–water partition coefficient (Wildman–Crippen LogP) is 3.47. The highest BCUT2D eigenvalue weighted by atomic mass is 32.2. The minimum Gasteiger partial charge on any atom is -0.453 e. The van der Waals surface area contributed by atoms with Crippen molar-refractivity contribution in [2.45, 2.75) is 62.7 Å². The number of fused-ring (bicyclic) bond motifs is 1. The first kappa shape index (κ1) is 31.0. The molecule has 0 spiro atoms. The van der Waals surface area contributed by atoms with Crippen LogP contribution >= 0.6 is 0 Å². The number of carbonyl (C=O) groups excluding carboxylic acids is 2. The number of sulfonamides is 1. The molecular weight excluding hydrogens is 567 g/mol. The highest BCUT2D eigenvalue weighted by Crippen LogP contribution is 2.46. The van der Waals surface area contributed by atoms with Crippen LogP contribution in [0.25, 0.3) is 0 Å². The van der Waals surface area contributed by atoms with E-state index in [-0.39, 0.29) is 60.7 Å². The second-order valence-electron chi connectivity index (χ2n) is 10.7. The van der Waals surface area contributed by atoms with Gasteiger partial charge in [0.2, 0.25) is 15.9 Å². The molecule has 2 amide bonds. The van der Waals surface area contributed by atoms with E-state index in [9.17, 15) is 36.1 Å². The Kier molecular flexibility index (Phi) is 9.16. The Hall–Kier alpha value is -2.94. The number of methoxy groups -OCH3 is 1. The summed E-state index contributed by atoms with van der Waals surface area (Å²) >= 11 is 0. The smallest absolute Gasteiger partial charge is 0.453 e. The first-order valence-corrected chi connectivity index (χ1v) is 15.3. The molecule has 0 aromatic heterocycles. The molecule has 15 heteroatoms. The second-order valence-corrected chi connectivity index (χ2v) is 12.7. The number of nitrogens with one attached hydrogen (secondary N) is 1. The summed E-state index contributed by atoms with van der Waals surface area (Å²) in [5.41, 5.74) is 0.384. The number of hydrazine groups is 1. The lowest BCUT2D eigenvalue weighted by Crippen LogP contribution is -2.50. The number of piperidine rings is 2. The lowest BCUT2D eigenvalue weighted by molar-refractivity contribution is -0.735. The summed E-state index contributed by atoms with van der Waals surface area (Å²) < 4.78 is 74.5. The fraction of sp³-hybridized carbons (Fsp3) is 0.692. The third-order valence-corrected chi connectivity index (χ3v) is 10.6. The Labute approximate surface area is 237 Å². The van der Waals surface area contributed by atoms with Crippen molar-refractivity contribution in [3.05, 3.63) is 29.2 Å². The third kappa shape index (κ3) is 6.15. The topological polar surface area (TPSA) is 119 Å². The second kappa shape index (κ2) is 12.1. The summed E-state index contributed by atoms with van der Waals surface area (Å²) in [6, 6.07) is 2.47. The summed E-state index contributed by atoms with van der Waals surface area (Å²) in [6.07, 6.45) is -3.71. The number of hydrogen-bond acceptors (Lipinski definition) is 6. The molecule has 1 aromatic carbocycles. The molecule has 3 saturated heterocycles. The van der Waals surface area contributed by atoms with Crippen LogP contribution in [-0.4, -0.2) is 97.6 Å². The highest BCUT2D eigenvalue weighted by molar-refractivity contribution is 7.89. The highest BCUT2D eigenvalue weighted by Gasteiger charge is 2.71. The van der Waals surface area contributed by atoms with Gasteiger partial charge in [0.25, 0.3) is 0 Å². The molecule has 3 aliphatic heterocycles. The fourth-order valence-corrected chi connectivity index (χ4v) is 7.99. The van der Waals surface area contributed by atoms with Gasteiger partial charge >= 0.3 is 18.3 Å². The molecule has 0 aliphatic carbocycles. The predicted molar refractivity (Wildman–Crippen MR) is 142 cm³/mol. The molecule has 4 unspecified atom stereocenters. The number of benzene rings is 1. The van der Waals surface area contributed by atoms with Crippen LogP contribution in [0.4, 0.5) is 23.7 Å². The van der Waals surface area contributed by atoms with Gasteiger partial charge in [0.15, 0.2) is 0 Å². The lowest BCUT2D eigenvalue weighted by atomic mass is 9.74. The number of rotatable bonds is 7. The first-order valence-electron chi connectivity index (χ1n) is 13.9. The Morgan fingerprint density at radius 2 is 1.63 bits per heavy atom. The summed E-state index contributed by atoms with van der Waals surface area (Å²) in [7, 11) is -2.57. The summed E-state index contributed by atoms with van der Waals surface area (Å²) in [6.45, 7) is 4.53. The standard InChI is InChI=1S/C26H36F3N5O6S/c1-4-31(5-2)24(35)22-21-16-18(12-15-33(21)34(37)23(22)26(27,28)29)17-10-13-32(14-11-17)41(38,39)20-8-6-19(7-9-20)30-25(36)40-3/h6-9,17-18,21-23H,4-5,10-16H2,1-3H3/p+1. The maximum atomic E-state index is 14.0.